The van der Waals surface area contributed by atoms with Crippen LogP contribution in [0.4, 0.5) is 5.13 Å². The number of nitrogens with one attached hydrogen (secondary N) is 2. The van der Waals surface area contributed by atoms with E-state index in [-0.39, 0.29) is 5.91 Å². The quantitative estimate of drug-likeness (QED) is 0.692. The Morgan fingerprint density at radius 2 is 2.04 bits per heavy atom. The molecule has 118 valence electrons. The van der Waals surface area contributed by atoms with E-state index < -0.39 is 0 Å². The first-order valence-electron chi connectivity index (χ1n) is 6.89. The van der Waals surface area contributed by atoms with Crippen molar-refractivity contribution in [1.82, 2.24) is 10.4 Å². The Hall–Kier alpha value is -2.31. The number of halogens is 1. The van der Waals surface area contributed by atoms with Gasteiger partial charge in [-0.3, -0.25) is 15.6 Å². The molecule has 0 atom stereocenters. The number of hydrogen-bond acceptors (Lipinski definition) is 5. The second-order valence-corrected chi connectivity index (χ2v) is 6.19. The van der Waals surface area contributed by atoms with Crippen LogP contribution in [0.15, 0.2) is 42.5 Å². The number of carbonyl (C=O) groups is 1. The van der Waals surface area contributed by atoms with Gasteiger partial charge < -0.3 is 4.74 Å². The van der Waals surface area contributed by atoms with Gasteiger partial charge in [-0.2, -0.15) is 0 Å². The number of anilines is 1. The molecular weight excluding hydrogens is 334 g/mol. The van der Waals surface area contributed by atoms with E-state index >= 15 is 0 Å². The van der Waals surface area contributed by atoms with Gasteiger partial charge in [-0.05, 0) is 17.7 Å². The number of hydrogen-bond donors (Lipinski definition) is 2. The fourth-order valence-corrected chi connectivity index (χ4v) is 3.23. The Morgan fingerprint density at radius 1 is 1.26 bits per heavy atom. The second kappa shape index (κ2) is 6.85. The molecule has 0 unspecified atom stereocenters. The average Bonchev–Trinajstić information content (AvgIpc) is 2.99. The highest BCUT2D eigenvalue weighted by atomic mass is 35.5. The van der Waals surface area contributed by atoms with Crippen molar-refractivity contribution >= 4 is 44.2 Å². The summed E-state index contributed by atoms with van der Waals surface area (Å²) in [5.74, 6) is 0.498. The van der Waals surface area contributed by atoms with Crippen molar-refractivity contribution in [3.8, 4) is 5.75 Å². The summed E-state index contributed by atoms with van der Waals surface area (Å²) in [5, 5.41) is 1.15. The van der Waals surface area contributed by atoms with E-state index in [9.17, 15) is 4.79 Å². The van der Waals surface area contributed by atoms with Crippen molar-refractivity contribution in [2.75, 3.05) is 12.5 Å². The maximum absolute atomic E-state index is 11.9. The largest absolute Gasteiger partial charge is 0.494 e. The van der Waals surface area contributed by atoms with Crippen LogP contribution in [0, 0.1) is 0 Å². The fraction of sp³-hybridized carbons (Fsp3) is 0.125. The molecular formula is C16H14ClN3O2S. The molecule has 7 heteroatoms. The van der Waals surface area contributed by atoms with Gasteiger partial charge >= 0.3 is 0 Å². The standard InChI is InChI=1S/C16H14ClN3O2S/c1-22-12-8-7-11(17)15-14(12)18-16(23-15)20-19-13(21)9-10-5-3-2-4-6-10/h2-8H,9H2,1H3,(H,18,20)(H,19,21). The molecule has 1 heterocycles. The van der Waals surface area contributed by atoms with Crippen LogP contribution < -0.4 is 15.6 Å². The number of rotatable bonds is 5. The Bertz CT molecular complexity index is 836. The number of fused-ring (bicyclic) bond motifs is 1. The van der Waals surface area contributed by atoms with E-state index in [2.05, 4.69) is 15.8 Å². The summed E-state index contributed by atoms with van der Waals surface area (Å²) in [6, 6.07) is 13.1. The summed E-state index contributed by atoms with van der Waals surface area (Å²) in [4.78, 5) is 16.4. The SMILES string of the molecule is COc1ccc(Cl)c2sc(NNC(=O)Cc3ccccc3)nc12. The summed E-state index contributed by atoms with van der Waals surface area (Å²) in [5.41, 5.74) is 7.08. The first-order valence-corrected chi connectivity index (χ1v) is 8.08. The zero-order chi connectivity index (χ0) is 16.2. The molecule has 0 aliphatic carbocycles. The number of methoxy groups -OCH3 is 1. The Labute approximate surface area is 142 Å². The van der Waals surface area contributed by atoms with Crippen LogP contribution in [0.2, 0.25) is 5.02 Å². The molecule has 0 radical (unpaired) electrons. The molecule has 0 bridgehead atoms. The van der Waals surface area contributed by atoms with Crippen LogP contribution in [-0.2, 0) is 11.2 Å². The topological polar surface area (TPSA) is 63.2 Å². The predicted octanol–water partition coefficient (Wildman–Crippen LogP) is 3.64. The van der Waals surface area contributed by atoms with Crippen molar-refractivity contribution < 1.29 is 9.53 Å². The van der Waals surface area contributed by atoms with Gasteiger partial charge in [-0.1, -0.05) is 53.3 Å². The number of benzene rings is 2. The van der Waals surface area contributed by atoms with E-state index in [0.29, 0.717) is 27.8 Å². The van der Waals surface area contributed by atoms with Crippen LogP contribution >= 0.6 is 22.9 Å². The fourth-order valence-electron chi connectivity index (χ4n) is 2.12. The smallest absolute Gasteiger partial charge is 0.242 e. The molecule has 0 saturated carbocycles. The van der Waals surface area contributed by atoms with Gasteiger partial charge in [0.1, 0.15) is 11.3 Å². The van der Waals surface area contributed by atoms with Crippen LogP contribution in [0.3, 0.4) is 0 Å². The third-order valence-corrected chi connectivity index (χ3v) is 4.63. The van der Waals surface area contributed by atoms with Gasteiger partial charge in [0.25, 0.3) is 0 Å². The maximum Gasteiger partial charge on any atom is 0.242 e. The minimum Gasteiger partial charge on any atom is -0.494 e. The molecule has 0 fully saturated rings. The molecule has 0 saturated heterocycles. The lowest BCUT2D eigenvalue weighted by molar-refractivity contribution is -0.119. The van der Waals surface area contributed by atoms with Crippen LogP contribution in [0.1, 0.15) is 5.56 Å². The van der Waals surface area contributed by atoms with Gasteiger partial charge in [-0.15, -0.1) is 0 Å². The van der Waals surface area contributed by atoms with Crippen molar-refractivity contribution in [3.63, 3.8) is 0 Å². The van der Waals surface area contributed by atoms with Gasteiger partial charge in [0, 0.05) is 0 Å². The minimum atomic E-state index is -0.145. The van der Waals surface area contributed by atoms with Gasteiger partial charge in [0.2, 0.25) is 11.0 Å². The summed E-state index contributed by atoms with van der Waals surface area (Å²) in [6.07, 6.45) is 0.294. The van der Waals surface area contributed by atoms with E-state index in [1.165, 1.54) is 11.3 Å². The highest BCUT2D eigenvalue weighted by Gasteiger charge is 2.12. The third-order valence-electron chi connectivity index (χ3n) is 3.19. The number of thiazole rings is 1. The monoisotopic (exact) mass is 347 g/mol. The van der Waals surface area contributed by atoms with E-state index in [4.69, 9.17) is 16.3 Å². The average molecular weight is 348 g/mol. The normalized spacial score (nSPS) is 10.5. The number of aromatic nitrogens is 1. The van der Waals surface area contributed by atoms with Gasteiger partial charge in [0.05, 0.1) is 23.3 Å². The number of amides is 1. The molecule has 3 aromatic rings. The summed E-state index contributed by atoms with van der Waals surface area (Å²) in [7, 11) is 1.58. The van der Waals surface area contributed by atoms with E-state index in [1.807, 2.05) is 30.3 Å². The van der Waals surface area contributed by atoms with Gasteiger partial charge in [-0.25, -0.2) is 4.98 Å². The van der Waals surface area contributed by atoms with Crippen molar-refractivity contribution in [1.29, 1.82) is 0 Å². The highest BCUT2D eigenvalue weighted by molar-refractivity contribution is 7.22. The van der Waals surface area contributed by atoms with E-state index in [1.54, 1.807) is 19.2 Å². The minimum absolute atomic E-state index is 0.145. The zero-order valence-electron chi connectivity index (χ0n) is 12.3. The van der Waals surface area contributed by atoms with Crippen molar-refractivity contribution in [2.45, 2.75) is 6.42 Å². The molecule has 23 heavy (non-hydrogen) atoms. The summed E-state index contributed by atoms with van der Waals surface area (Å²) < 4.78 is 6.08. The first kappa shape index (κ1) is 15.6. The molecule has 5 nitrogen and oxygen atoms in total. The number of hydrazine groups is 1. The predicted molar refractivity (Wildman–Crippen MR) is 93.1 cm³/mol. The number of carbonyl (C=O) groups excluding carboxylic acids is 1. The molecule has 2 N–H and O–H groups in total. The first-order chi connectivity index (χ1) is 11.2. The lowest BCUT2D eigenvalue weighted by Crippen LogP contribution is -2.30. The van der Waals surface area contributed by atoms with Gasteiger partial charge in [0.15, 0.2) is 0 Å². The molecule has 2 aromatic carbocycles. The number of ether oxygens (including phenoxy) is 1. The third kappa shape index (κ3) is 3.55. The maximum atomic E-state index is 11.9. The zero-order valence-corrected chi connectivity index (χ0v) is 13.9. The molecule has 1 amide bonds. The lowest BCUT2D eigenvalue weighted by atomic mass is 10.1. The van der Waals surface area contributed by atoms with Crippen LogP contribution in [0.5, 0.6) is 5.75 Å². The molecule has 0 aliphatic rings. The second-order valence-electron chi connectivity index (χ2n) is 4.78. The van der Waals surface area contributed by atoms with Crippen molar-refractivity contribution in [2.24, 2.45) is 0 Å². The lowest BCUT2D eigenvalue weighted by Gasteiger charge is -2.05. The Balaban J connectivity index is 1.70. The number of nitrogens with zero attached hydrogens (tertiary/aromatic N) is 1. The summed E-state index contributed by atoms with van der Waals surface area (Å²) in [6.45, 7) is 0. The Morgan fingerprint density at radius 3 is 2.78 bits per heavy atom. The summed E-state index contributed by atoms with van der Waals surface area (Å²) >= 11 is 7.52. The van der Waals surface area contributed by atoms with Crippen LogP contribution in [0.25, 0.3) is 10.2 Å². The van der Waals surface area contributed by atoms with Crippen LogP contribution in [-0.4, -0.2) is 18.0 Å². The highest BCUT2D eigenvalue weighted by Crippen LogP contribution is 2.36. The van der Waals surface area contributed by atoms with Crippen molar-refractivity contribution in [3.05, 3.63) is 53.1 Å². The molecule has 0 aliphatic heterocycles. The van der Waals surface area contributed by atoms with E-state index in [0.717, 1.165) is 10.3 Å². The Kier molecular flexibility index (Phi) is 4.64. The molecule has 1 aromatic heterocycles. The molecule has 3 rings (SSSR count). The molecule has 0 spiro atoms.